The van der Waals surface area contributed by atoms with Crippen LogP contribution in [0.4, 0.5) is 0 Å². The first-order valence-corrected chi connectivity index (χ1v) is 10.3. The zero-order chi connectivity index (χ0) is 10.2. The molecule has 5 heteroatoms. The lowest BCUT2D eigenvalue weighted by molar-refractivity contribution is 1.94. The Morgan fingerprint density at radius 3 is 2.43 bits per heavy atom. The van der Waals surface area contributed by atoms with Crippen LogP contribution in [-0.4, -0.2) is 6.69 Å². The van der Waals surface area contributed by atoms with Crippen molar-refractivity contribution >= 4 is 56.0 Å². The van der Waals surface area contributed by atoms with Crippen LogP contribution in [0.25, 0.3) is 9.75 Å². The van der Waals surface area contributed by atoms with E-state index in [9.17, 15) is 0 Å². The average molecular weight is 279 g/mol. The molecule has 0 aromatic carbocycles. The van der Waals surface area contributed by atoms with Gasteiger partial charge in [-0.25, -0.2) is 0 Å². The third-order valence-electron chi connectivity index (χ3n) is 1.80. The molecule has 0 fully saturated rings. The Balaban J connectivity index is 2.36. The van der Waals surface area contributed by atoms with Crippen molar-refractivity contribution in [3.8, 4) is 9.75 Å². The quantitative estimate of drug-likeness (QED) is 0.570. The van der Waals surface area contributed by atoms with Crippen LogP contribution < -0.4 is 4.50 Å². The molecule has 2 rings (SSSR count). The molecule has 0 N–H and O–H groups in total. The molecule has 14 heavy (non-hydrogen) atoms. The van der Waals surface area contributed by atoms with E-state index in [1.807, 2.05) is 12.6 Å². The first-order chi connectivity index (χ1) is 6.57. The van der Waals surface area contributed by atoms with Crippen LogP contribution in [-0.2, 0) is 0 Å². The summed E-state index contributed by atoms with van der Waals surface area (Å²) in [5.41, 5.74) is 0. The molecule has 0 amide bonds. The fourth-order valence-electron chi connectivity index (χ4n) is 1.13. The molecule has 0 spiro atoms. The van der Waals surface area contributed by atoms with Crippen molar-refractivity contribution < 1.29 is 0 Å². The maximum absolute atomic E-state index is 6.15. The molecular weight excluding hydrogens is 271 g/mol. The van der Waals surface area contributed by atoms with Crippen molar-refractivity contribution in [3.05, 3.63) is 29.6 Å². The molecule has 0 atom stereocenters. The van der Waals surface area contributed by atoms with Crippen molar-refractivity contribution in [2.24, 2.45) is 0 Å². The Labute approximate surface area is 102 Å². The van der Waals surface area contributed by atoms with Crippen molar-refractivity contribution in [3.63, 3.8) is 0 Å². The lowest BCUT2D eigenvalue weighted by Crippen LogP contribution is -2.29. The van der Waals surface area contributed by atoms with Crippen molar-refractivity contribution in [2.45, 2.75) is 6.55 Å². The summed E-state index contributed by atoms with van der Waals surface area (Å²) in [6.45, 7) is -0.227. The third kappa shape index (κ3) is 2.23. The highest BCUT2D eigenvalue weighted by molar-refractivity contribution is 7.57. The zero-order valence-corrected chi connectivity index (χ0v) is 11.6. The van der Waals surface area contributed by atoms with Gasteiger partial charge in [-0.3, -0.25) is 0 Å². The summed E-state index contributed by atoms with van der Waals surface area (Å²) in [7, 11) is 0. The molecule has 2 aromatic heterocycles. The lowest BCUT2D eigenvalue weighted by atomic mass is 10.4. The minimum Gasteiger partial charge on any atom is -0.143 e. The van der Waals surface area contributed by atoms with Gasteiger partial charge in [0.05, 0.1) is 0 Å². The van der Waals surface area contributed by atoms with Crippen LogP contribution in [0.5, 0.6) is 0 Å². The highest BCUT2D eigenvalue weighted by atomic mass is 35.7. The number of hydrogen-bond donors (Lipinski definition) is 0. The summed E-state index contributed by atoms with van der Waals surface area (Å²) in [6.07, 6.45) is 0. The topological polar surface area (TPSA) is 0 Å². The second kappa shape index (κ2) is 3.98. The first-order valence-electron chi connectivity index (χ1n) is 4.09. The minimum atomic E-state index is -2.16. The predicted molar refractivity (Wildman–Crippen MR) is 70.6 cm³/mol. The second-order valence-corrected chi connectivity index (χ2v) is 12.9. The van der Waals surface area contributed by atoms with Gasteiger partial charge >= 0.3 is 0 Å². The maximum atomic E-state index is 6.15. The Kier molecular flexibility index (Phi) is 3.05. The predicted octanol–water partition coefficient (Wildman–Crippen LogP) is 4.23. The molecule has 74 valence electrons. The van der Waals surface area contributed by atoms with Gasteiger partial charge in [0, 0.05) is 14.3 Å². The third-order valence-corrected chi connectivity index (χ3v) is 8.22. The van der Waals surface area contributed by atoms with Gasteiger partial charge in [0.1, 0.15) is 0 Å². The summed E-state index contributed by atoms with van der Waals surface area (Å²) in [5.74, 6) is 0. The van der Waals surface area contributed by atoms with Gasteiger partial charge in [0.15, 0.2) is 0 Å². The number of hydrogen-bond acceptors (Lipinski definition) is 2. The van der Waals surface area contributed by atoms with Gasteiger partial charge in [0.25, 0.3) is 6.69 Å². The van der Waals surface area contributed by atoms with Gasteiger partial charge in [-0.05, 0) is 30.1 Å². The van der Waals surface area contributed by atoms with Crippen LogP contribution >= 0.6 is 44.8 Å². The lowest BCUT2D eigenvalue weighted by Gasteiger charge is -2.05. The Morgan fingerprint density at radius 2 is 1.93 bits per heavy atom. The van der Waals surface area contributed by atoms with Crippen molar-refractivity contribution in [1.29, 1.82) is 0 Å². The van der Waals surface area contributed by atoms with E-state index in [1.54, 1.807) is 22.7 Å². The molecule has 0 radical (unpaired) electrons. The summed E-state index contributed by atoms with van der Waals surface area (Å²) in [5, 5.41) is 2.08. The largest absolute Gasteiger partial charge is 0.287 e. The summed E-state index contributed by atoms with van der Waals surface area (Å²) >= 11 is 15.7. The van der Waals surface area contributed by atoms with E-state index in [-0.39, 0.29) is 0 Å². The van der Waals surface area contributed by atoms with Gasteiger partial charge in [0.2, 0.25) is 0 Å². The van der Waals surface area contributed by atoms with E-state index < -0.39 is 6.69 Å². The molecule has 2 heterocycles. The van der Waals surface area contributed by atoms with E-state index >= 15 is 0 Å². The molecule has 0 aliphatic carbocycles. The Bertz CT molecular complexity index is 414. The van der Waals surface area contributed by atoms with Crippen molar-refractivity contribution in [2.75, 3.05) is 0 Å². The van der Waals surface area contributed by atoms with E-state index in [0.717, 1.165) is 4.50 Å². The molecule has 0 aliphatic rings. The number of rotatable bonds is 2. The van der Waals surface area contributed by atoms with Crippen LogP contribution in [0.3, 0.4) is 0 Å². The number of thiophene rings is 2. The molecule has 0 saturated carbocycles. The van der Waals surface area contributed by atoms with Crippen LogP contribution in [0, 0.1) is 0 Å². The maximum Gasteiger partial charge on any atom is 0.287 e. The van der Waals surface area contributed by atoms with Gasteiger partial charge in [-0.2, -0.15) is 0 Å². The van der Waals surface area contributed by atoms with E-state index in [2.05, 4.69) is 23.6 Å². The highest BCUT2D eigenvalue weighted by Crippen LogP contribution is 2.30. The second-order valence-electron chi connectivity index (χ2n) is 3.03. The first kappa shape index (κ1) is 10.7. The molecule has 0 nitrogen and oxygen atoms in total. The summed E-state index contributed by atoms with van der Waals surface area (Å²) < 4.78 is 1.13. The molecule has 2 aromatic rings. The minimum absolute atomic E-state index is 1.13. The smallest absolute Gasteiger partial charge is 0.143 e. The summed E-state index contributed by atoms with van der Waals surface area (Å²) in [6, 6.07) is 8.31. The Morgan fingerprint density at radius 1 is 1.14 bits per heavy atom. The fraction of sp³-hybridized carbons (Fsp3) is 0.111. The van der Waals surface area contributed by atoms with E-state index in [1.165, 1.54) is 9.75 Å². The van der Waals surface area contributed by atoms with E-state index in [0.29, 0.717) is 0 Å². The standard InChI is InChI=1S/C9H8Cl2S2Si/c1-14(10,11)9-5-4-8(13-9)7-3-2-6-12-7/h2-6H,1H3. The molecule has 0 saturated heterocycles. The van der Waals surface area contributed by atoms with Gasteiger partial charge in [-0.15, -0.1) is 44.8 Å². The zero-order valence-electron chi connectivity index (χ0n) is 7.46. The molecule has 0 bridgehead atoms. The highest BCUT2D eigenvalue weighted by Gasteiger charge is 2.26. The fourth-order valence-corrected chi connectivity index (χ4v) is 5.21. The van der Waals surface area contributed by atoms with E-state index in [4.69, 9.17) is 22.2 Å². The molecular formula is C9H8Cl2S2Si. The monoisotopic (exact) mass is 278 g/mol. The van der Waals surface area contributed by atoms with Crippen LogP contribution in [0.1, 0.15) is 0 Å². The van der Waals surface area contributed by atoms with Gasteiger partial charge in [-0.1, -0.05) is 6.07 Å². The summed E-state index contributed by atoms with van der Waals surface area (Å²) in [4.78, 5) is 2.54. The Hall–Kier alpha value is 0.197. The van der Waals surface area contributed by atoms with Crippen LogP contribution in [0.2, 0.25) is 6.55 Å². The van der Waals surface area contributed by atoms with Gasteiger partial charge < -0.3 is 0 Å². The van der Waals surface area contributed by atoms with Crippen LogP contribution in [0.15, 0.2) is 29.6 Å². The molecule has 0 unspecified atom stereocenters. The average Bonchev–Trinajstić information content (AvgIpc) is 2.73. The van der Waals surface area contributed by atoms with Crippen molar-refractivity contribution in [1.82, 2.24) is 0 Å². The number of halogens is 2. The SMILES string of the molecule is C[Si](Cl)(Cl)c1ccc(-c2cccs2)s1. The molecule has 0 aliphatic heterocycles. The normalized spacial score (nSPS) is 11.9.